The first kappa shape index (κ1) is 10.2. The van der Waals surface area contributed by atoms with Gasteiger partial charge in [0.2, 0.25) is 0 Å². The molecule has 1 aromatic rings. The largest absolute Gasteiger partial charge is 0.493 e. The minimum atomic E-state index is -4.94. The lowest BCUT2D eigenvalue weighted by Crippen LogP contribution is -2.09. The van der Waals surface area contributed by atoms with Crippen LogP contribution in [0.2, 0.25) is 0 Å². The van der Waals surface area contributed by atoms with Crippen molar-refractivity contribution in [3.8, 4) is 11.5 Å². The van der Waals surface area contributed by atoms with Crippen molar-refractivity contribution in [2.75, 3.05) is 6.61 Å². The Hall–Kier alpha value is -1.30. The summed E-state index contributed by atoms with van der Waals surface area (Å²) in [4.78, 5) is 0. The van der Waals surface area contributed by atoms with Crippen molar-refractivity contribution in [2.45, 2.75) is 12.8 Å². The summed E-state index contributed by atoms with van der Waals surface area (Å²) in [6.45, 7) is 0.647. The maximum absolute atomic E-state index is 12.2. The molecule has 1 aliphatic rings. The number of hydrogen-bond acceptors (Lipinski definition) is 4. The third-order valence-corrected chi connectivity index (χ3v) is 2.47. The minimum Gasteiger partial charge on any atom is -0.493 e. The van der Waals surface area contributed by atoms with Gasteiger partial charge in [-0.1, -0.05) is 3.89 Å². The Morgan fingerprint density at radius 3 is 2.93 bits per heavy atom. The van der Waals surface area contributed by atoms with Crippen LogP contribution in [0, 0.1) is 0 Å². The summed E-state index contributed by atoms with van der Waals surface area (Å²) >= 11 is 0. The second kappa shape index (κ2) is 3.69. The fourth-order valence-electron chi connectivity index (χ4n) is 1.50. The third-order valence-electron chi connectivity index (χ3n) is 2.08. The van der Waals surface area contributed by atoms with Crippen LogP contribution in [-0.4, -0.2) is 15.0 Å². The molecule has 0 spiro atoms. The molecule has 0 N–H and O–H groups in total. The zero-order valence-electron chi connectivity index (χ0n) is 7.77. The summed E-state index contributed by atoms with van der Waals surface area (Å²) in [5, 5.41) is 0. The number of halogens is 1. The van der Waals surface area contributed by atoms with Crippen LogP contribution in [0.15, 0.2) is 18.2 Å². The first-order valence-corrected chi connectivity index (χ1v) is 5.75. The van der Waals surface area contributed by atoms with Crippen LogP contribution < -0.4 is 8.92 Å². The molecule has 1 aromatic carbocycles. The fourth-order valence-corrected chi connectivity index (χ4v) is 1.84. The normalized spacial score (nSPS) is 15.3. The van der Waals surface area contributed by atoms with E-state index in [2.05, 4.69) is 4.18 Å². The molecule has 0 atom stereocenters. The van der Waals surface area contributed by atoms with Gasteiger partial charge in [0, 0.05) is 0 Å². The highest BCUT2D eigenvalue weighted by Gasteiger charge is 2.14. The monoisotopic (exact) mass is 232 g/mol. The van der Waals surface area contributed by atoms with E-state index in [1.54, 1.807) is 6.07 Å². The van der Waals surface area contributed by atoms with Gasteiger partial charge in [-0.15, -0.1) is 0 Å². The van der Waals surface area contributed by atoms with Gasteiger partial charge in [-0.3, -0.25) is 0 Å². The van der Waals surface area contributed by atoms with Crippen molar-refractivity contribution in [3.05, 3.63) is 23.8 Å². The zero-order valence-corrected chi connectivity index (χ0v) is 8.59. The van der Waals surface area contributed by atoms with E-state index >= 15 is 0 Å². The van der Waals surface area contributed by atoms with Crippen LogP contribution in [0.25, 0.3) is 0 Å². The SMILES string of the molecule is O=S(=O)(F)Oc1ccc2c(c1)CCCO2. The topological polar surface area (TPSA) is 52.6 Å². The van der Waals surface area contributed by atoms with Gasteiger partial charge in [0.05, 0.1) is 6.61 Å². The van der Waals surface area contributed by atoms with E-state index in [0.29, 0.717) is 12.4 Å². The van der Waals surface area contributed by atoms with Gasteiger partial charge in [0.1, 0.15) is 11.5 Å². The molecule has 0 saturated carbocycles. The second-order valence-corrected chi connectivity index (χ2v) is 4.15. The van der Waals surface area contributed by atoms with Gasteiger partial charge in [-0.2, -0.15) is 8.42 Å². The van der Waals surface area contributed by atoms with Gasteiger partial charge < -0.3 is 8.92 Å². The average molecular weight is 232 g/mol. The average Bonchev–Trinajstić information content (AvgIpc) is 2.15. The highest BCUT2D eigenvalue weighted by molar-refractivity contribution is 7.81. The maximum Gasteiger partial charge on any atom is 0.488 e. The van der Waals surface area contributed by atoms with Crippen LogP contribution in [0.5, 0.6) is 11.5 Å². The number of benzene rings is 1. The molecule has 6 heteroatoms. The van der Waals surface area contributed by atoms with Crippen LogP contribution in [0.3, 0.4) is 0 Å². The van der Waals surface area contributed by atoms with Gasteiger partial charge >= 0.3 is 10.5 Å². The molecule has 15 heavy (non-hydrogen) atoms. The lowest BCUT2D eigenvalue weighted by molar-refractivity contribution is 0.288. The van der Waals surface area contributed by atoms with Gasteiger partial charge in [-0.05, 0) is 36.6 Å². The van der Waals surface area contributed by atoms with E-state index in [1.165, 1.54) is 12.1 Å². The molecule has 0 aromatic heterocycles. The van der Waals surface area contributed by atoms with E-state index in [4.69, 9.17) is 4.74 Å². The summed E-state index contributed by atoms with van der Waals surface area (Å²) in [5.74, 6) is 0.673. The van der Waals surface area contributed by atoms with Crippen molar-refractivity contribution in [3.63, 3.8) is 0 Å². The number of fused-ring (bicyclic) bond motifs is 1. The predicted octanol–water partition coefficient (Wildman–Crippen LogP) is 1.60. The summed E-state index contributed by atoms with van der Waals surface area (Å²) in [6, 6.07) is 4.42. The highest BCUT2D eigenvalue weighted by Crippen LogP contribution is 2.29. The summed E-state index contributed by atoms with van der Waals surface area (Å²) in [7, 11) is -4.94. The second-order valence-electron chi connectivity index (χ2n) is 3.20. The van der Waals surface area contributed by atoms with Crippen LogP contribution in [0.1, 0.15) is 12.0 Å². The Morgan fingerprint density at radius 2 is 2.20 bits per heavy atom. The van der Waals surface area contributed by atoms with Gasteiger partial charge in [0.25, 0.3) is 0 Å². The molecule has 2 rings (SSSR count). The van der Waals surface area contributed by atoms with Gasteiger partial charge in [0.15, 0.2) is 0 Å². The molecule has 0 unspecified atom stereocenters. The van der Waals surface area contributed by atoms with Gasteiger partial charge in [-0.25, -0.2) is 0 Å². The Kier molecular flexibility index (Phi) is 2.52. The Balaban J connectivity index is 2.28. The lowest BCUT2D eigenvalue weighted by Gasteiger charge is -2.17. The first-order valence-electron chi connectivity index (χ1n) is 4.44. The molecule has 0 saturated heterocycles. The van der Waals surface area contributed by atoms with Crippen LogP contribution >= 0.6 is 0 Å². The number of rotatable bonds is 2. The number of aryl methyl sites for hydroxylation is 1. The summed E-state index contributed by atoms with van der Waals surface area (Å²) in [6.07, 6.45) is 1.64. The maximum atomic E-state index is 12.2. The molecular formula is C9H9FO4S. The predicted molar refractivity (Wildman–Crippen MR) is 50.9 cm³/mol. The highest BCUT2D eigenvalue weighted by atomic mass is 32.3. The molecule has 0 radical (unpaired) electrons. The van der Waals surface area contributed by atoms with Crippen molar-refractivity contribution >= 4 is 10.5 Å². The minimum absolute atomic E-state index is 0.0262. The molecular weight excluding hydrogens is 223 g/mol. The summed E-state index contributed by atoms with van der Waals surface area (Å²) < 4.78 is 42.2. The molecule has 0 amide bonds. The van der Waals surface area contributed by atoms with E-state index in [1.807, 2.05) is 0 Å². The van der Waals surface area contributed by atoms with Crippen molar-refractivity contribution < 1.29 is 21.2 Å². The van der Waals surface area contributed by atoms with Crippen molar-refractivity contribution in [2.24, 2.45) is 0 Å². The molecule has 0 fully saturated rings. The number of ether oxygens (including phenoxy) is 1. The summed E-state index contributed by atoms with van der Waals surface area (Å²) in [5.41, 5.74) is 0.836. The zero-order chi connectivity index (χ0) is 10.9. The standard InChI is InChI=1S/C9H9FO4S/c10-15(11,12)14-8-3-4-9-7(6-8)2-1-5-13-9/h3-4,6H,1-2,5H2. The van der Waals surface area contributed by atoms with Crippen molar-refractivity contribution in [1.82, 2.24) is 0 Å². The van der Waals surface area contributed by atoms with E-state index in [0.717, 1.165) is 18.4 Å². The Morgan fingerprint density at radius 1 is 1.40 bits per heavy atom. The fraction of sp³-hybridized carbons (Fsp3) is 0.333. The molecule has 1 heterocycles. The Labute approximate surface area is 87.0 Å². The molecule has 0 aliphatic carbocycles. The van der Waals surface area contributed by atoms with E-state index in [9.17, 15) is 12.3 Å². The van der Waals surface area contributed by atoms with E-state index in [-0.39, 0.29) is 5.75 Å². The molecule has 82 valence electrons. The smallest absolute Gasteiger partial charge is 0.488 e. The molecule has 0 bridgehead atoms. The van der Waals surface area contributed by atoms with E-state index < -0.39 is 10.5 Å². The lowest BCUT2D eigenvalue weighted by atomic mass is 10.1. The van der Waals surface area contributed by atoms with Crippen LogP contribution in [-0.2, 0) is 16.9 Å². The molecule has 4 nitrogen and oxygen atoms in total. The van der Waals surface area contributed by atoms with Crippen LogP contribution in [0.4, 0.5) is 3.89 Å². The quantitative estimate of drug-likeness (QED) is 0.727. The first-order chi connectivity index (χ1) is 7.04. The molecule has 1 aliphatic heterocycles. The van der Waals surface area contributed by atoms with Crippen molar-refractivity contribution in [1.29, 1.82) is 0 Å². The third kappa shape index (κ3) is 2.59. The Bertz CT molecular complexity index is 469. The number of hydrogen-bond donors (Lipinski definition) is 0.